The average Bonchev–Trinajstić information content (AvgIpc) is 2.86. The van der Waals surface area contributed by atoms with Crippen LogP contribution in [0.1, 0.15) is 0 Å². The van der Waals surface area contributed by atoms with Crippen LogP contribution in [0, 0.1) is 10.1 Å². The Bertz CT molecular complexity index is 850. The van der Waals surface area contributed by atoms with Crippen LogP contribution >= 0.6 is 31.9 Å². The Kier molecular flexibility index (Phi) is 3.60. The van der Waals surface area contributed by atoms with Crippen molar-refractivity contribution in [1.82, 2.24) is 14.4 Å². The molecular weight excluding hydrogens is 408 g/mol. The molecule has 0 aliphatic rings. The maximum Gasteiger partial charge on any atom is 0.274 e. The quantitative estimate of drug-likeness (QED) is 0.479. The van der Waals surface area contributed by atoms with Gasteiger partial charge in [-0.1, -0.05) is 15.9 Å². The van der Waals surface area contributed by atoms with Crippen LogP contribution in [-0.4, -0.2) is 19.3 Å². The average molecular weight is 414 g/mol. The first-order valence-electron chi connectivity index (χ1n) is 5.65. The van der Waals surface area contributed by atoms with E-state index in [1.54, 1.807) is 29.1 Å². The topological polar surface area (TPSA) is 82.6 Å². The molecule has 9 heteroatoms. The number of benzene rings is 1. The molecule has 21 heavy (non-hydrogen) atoms. The van der Waals surface area contributed by atoms with Crippen LogP contribution in [0.5, 0.6) is 11.6 Å². The fourth-order valence-electron chi connectivity index (χ4n) is 1.77. The SMILES string of the molecule is O=[N+]([O-])c1cc(Br)cc(Oc2nc(Br)cn3ccnc23)c1. The molecule has 3 aromatic rings. The second kappa shape index (κ2) is 5.41. The zero-order valence-corrected chi connectivity index (χ0v) is 13.4. The third kappa shape index (κ3) is 2.88. The standard InChI is InChI=1S/C12H6Br2N4O3/c13-7-3-8(18(19)20)5-9(4-7)21-12-11-15-1-2-17(11)6-10(14)16-12/h1-6H. The third-order valence-corrected chi connectivity index (χ3v) is 3.44. The van der Waals surface area contributed by atoms with Crippen molar-refractivity contribution in [3.05, 3.63) is 56.0 Å². The van der Waals surface area contributed by atoms with Crippen molar-refractivity contribution in [3.8, 4) is 11.6 Å². The van der Waals surface area contributed by atoms with Crippen molar-refractivity contribution in [3.63, 3.8) is 0 Å². The maximum atomic E-state index is 10.9. The summed E-state index contributed by atoms with van der Waals surface area (Å²) in [5.41, 5.74) is 0.439. The van der Waals surface area contributed by atoms with Gasteiger partial charge in [0.25, 0.3) is 11.6 Å². The Hall–Kier alpha value is -2.00. The summed E-state index contributed by atoms with van der Waals surface area (Å²) in [4.78, 5) is 18.7. The molecule has 0 bridgehead atoms. The number of imidazole rings is 1. The van der Waals surface area contributed by atoms with E-state index in [2.05, 4.69) is 41.8 Å². The van der Waals surface area contributed by atoms with E-state index < -0.39 is 4.92 Å². The van der Waals surface area contributed by atoms with Gasteiger partial charge in [0.1, 0.15) is 10.4 Å². The first-order valence-corrected chi connectivity index (χ1v) is 7.23. The Morgan fingerprint density at radius 1 is 1.29 bits per heavy atom. The van der Waals surface area contributed by atoms with Crippen LogP contribution in [-0.2, 0) is 0 Å². The highest BCUT2D eigenvalue weighted by atomic mass is 79.9. The first-order chi connectivity index (χ1) is 10.0. The molecule has 0 aliphatic carbocycles. The largest absolute Gasteiger partial charge is 0.436 e. The summed E-state index contributed by atoms with van der Waals surface area (Å²) in [7, 11) is 0. The highest BCUT2D eigenvalue weighted by Gasteiger charge is 2.13. The van der Waals surface area contributed by atoms with Gasteiger partial charge in [0.15, 0.2) is 0 Å². The summed E-state index contributed by atoms with van der Waals surface area (Å²) in [6.45, 7) is 0. The van der Waals surface area contributed by atoms with Gasteiger partial charge < -0.3 is 4.74 Å². The van der Waals surface area contributed by atoms with Crippen LogP contribution in [0.25, 0.3) is 5.65 Å². The minimum atomic E-state index is -0.489. The number of nitrogens with zero attached hydrogens (tertiary/aromatic N) is 4. The Morgan fingerprint density at radius 3 is 2.86 bits per heavy atom. The second-order valence-corrected chi connectivity index (χ2v) is 5.76. The second-order valence-electron chi connectivity index (χ2n) is 4.03. The maximum absolute atomic E-state index is 10.9. The molecule has 106 valence electrons. The molecule has 2 aromatic heterocycles. The number of non-ortho nitro benzene ring substituents is 1. The molecule has 3 rings (SSSR count). The van der Waals surface area contributed by atoms with Crippen LogP contribution in [0.4, 0.5) is 5.69 Å². The molecule has 0 aliphatic heterocycles. The smallest absolute Gasteiger partial charge is 0.274 e. The number of ether oxygens (including phenoxy) is 1. The van der Waals surface area contributed by atoms with Crippen LogP contribution in [0.3, 0.4) is 0 Å². The summed E-state index contributed by atoms with van der Waals surface area (Å²) < 4.78 is 8.48. The van der Waals surface area contributed by atoms with Gasteiger partial charge in [0.2, 0.25) is 5.65 Å². The van der Waals surface area contributed by atoms with E-state index in [0.717, 1.165) is 0 Å². The molecule has 0 spiro atoms. The molecule has 0 atom stereocenters. The van der Waals surface area contributed by atoms with Crippen molar-refractivity contribution in [2.45, 2.75) is 0 Å². The molecule has 0 unspecified atom stereocenters. The fourth-order valence-corrected chi connectivity index (χ4v) is 2.61. The van der Waals surface area contributed by atoms with Gasteiger partial charge in [-0.25, -0.2) is 9.97 Å². The number of rotatable bonds is 3. The molecular formula is C12H6Br2N4O3. The number of nitro benzene ring substituents is 1. The lowest BCUT2D eigenvalue weighted by Crippen LogP contribution is -1.96. The molecule has 0 radical (unpaired) electrons. The van der Waals surface area contributed by atoms with Crippen molar-refractivity contribution in [1.29, 1.82) is 0 Å². The Balaban J connectivity index is 2.06. The third-order valence-electron chi connectivity index (χ3n) is 2.60. The number of nitro groups is 1. The number of aromatic nitrogens is 3. The summed E-state index contributed by atoms with van der Waals surface area (Å²) in [6.07, 6.45) is 5.09. The minimum Gasteiger partial charge on any atom is -0.436 e. The van der Waals surface area contributed by atoms with Crippen LogP contribution in [0.15, 0.2) is 45.9 Å². The lowest BCUT2D eigenvalue weighted by atomic mass is 10.3. The van der Waals surface area contributed by atoms with Gasteiger partial charge in [-0.05, 0) is 22.0 Å². The number of hydrogen-bond donors (Lipinski definition) is 0. The summed E-state index contributed by atoms with van der Waals surface area (Å²) in [5, 5.41) is 10.9. The molecule has 0 N–H and O–H groups in total. The number of hydrogen-bond acceptors (Lipinski definition) is 5. The normalized spacial score (nSPS) is 10.8. The molecule has 0 saturated carbocycles. The van der Waals surface area contributed by atoms with Gasteiger partial charge in [-0.2, -0.15) is 0 Å². The first kappa shape index (κ1) is 14.0. The van der Waals surface area contributed by atoms with Gasteiger partial charge in [0, 0.05) is 29.1 Å². The van der Waals surface area contributed by atoms with Crippen LogP contribution < -0.4 is 4.74 Å². The molecule has 2 heterocycles. The minimum absolute atomic E-state index is 0.0752. The van der Waals surface area contributed by atoms with Crippen molar-refractivity contribution >= 4 is 43.2 Å². The van der Waals surface area contributed by atoms with Crippen LogP contribution in [0.2, 0.25) is 0 Å². The molecule has 0 amide bonds. The van der Waals surface area contributed by atoms with Gasteiger partial charge in [-0.3, -0.25) is 14.5 Å². The fraction of sp³-hybridized carbons (Fsp3) is 0. The highest BCUT2D eigenvalue weighted by Crippen LogP contribution is 2.31. The lowest BCUT2D eigenvalue weighted by Gasteiger charge is -2.07. The van der Waals surface area contributed by atoms with E-state index in [0.29, 0.717) is 20.5 Å². The summed E-state index contributed by atoms with van der Waals surface area (Å²) in [6, 6.07) is 4.34. The predicted octanol–water partition coefficient (Wildman–Crippen LogP) is 3.95. The predicted molar refractivity (Wildman–Crippen MR) is 81.6 cm³/mol. The molecule has 0 fully saturated rings. The summed E-state index contributed by atoms with van der Waals surface area (Å²) >= 11 is 6.49. The van der Waals surface area contributed by atoms with E-state index in [9.17, 15) is 10.1 Å². The van der Waals surface area contributed by atoms with E-state index in [4.69, 9.17) is 4.74 Å². The van der Waals surface area contributed by atoms with Crippen molar-refractivity contribution in [2.24, 2.45) is 0 Å². The monoisotopic (exact) mass is 412 g/mol. The number of fused-ring (bicyclic) bond motifs is 1. The molecule has 0 saturated heterocycles. The number of halogens is 2. The van der Waals surface area contributed by atoms with E-state index in [1.807, 2.05) is 0 Å². The van der Waals surface area contributed by atoms with Gasteiger partial charge in [-0.15, -0.1) is 0 Å². The summed E-state index contributed by atoms with van der Waals surface area (Å²) in [5.74, 6) is 0.549. The lowest BCUT2D eigenvalue weighted by molar-refractivity contribution is -0.385. The van der Waals surface area contributed by atoms with E-state index in [1.165, 1.54) is 12.1 Å². The molecule has 7 nitrogen and oxygen atoms in total. The van der Waals surface area contributed by atoms with Crippen molar-refractivity contribution in [2.75, 3.05) is 0 Å². The van der Waals surface area contributed by atoms with Gasteiger partial charge in [0.05, 0.1) is 11.0 Å². The Labute approximate surface area is 135 Å². The van der Waals surface area contributed by atoms with Crippen molar-refractivity contribution < 1.29 is 9.66 Å². The zero-order chi connectivity index (χ0) is 15.0. The van der Waals surface area contributed by atoms with Gasteiger partial charge >= 0.3 is 0 Å². The molecule has 1 aromatic carbocycles. The Morgan fingerprint density at radius 2 is 2.10 bits per heavy atom. The zero-order valence-electron chi connectivity index (χ0n) is 10.2. The van der Waals surface area contributed by atoms with E-state index >= 15 is 0 Å². The van der Waals surface area contributed by atoms with E-state index in [-0.39, 0.29) is 11.6 Å². The highest BCUT2D eigenvalue weighted by molar-refractivity contribution is 9.10.